The number of nitrogens with one attached hydrogen (secondary N) is 11. The minimum atomic E-state index is -1.80. The summed E-state index contributed by atoms with van der Waals surface area (Å²) in [7, 11) is 0. The Morgan fingerprint density at radius 1 is 0.607 bits per heavy atom. The molecular weight excluding hydrogens is 1180 g/mol. The van der Waals surface area contributed by atoms with Crippen LogP contribution in [0.15, 0.2) is 72.9 Å². The molecule has 12 atom stereocenters. The molecular formula is C58H86ClN17O13. The first-order valence-electron chi connectivity index (χ1n) is 29.3. The molecule has 89 heavy (non-hydrogen) atoms. The van der Waals surface area contributed by atoms with Crippen LogP contribution in [0, 0.1) is 5.92 Å². The normalized spacial score (nSPS) is 21.9. The fourth-order valence-electron chi connectivity index (χ4n) is 9.29. The first kappa shape index (κ1) is 73.2. The lowest BCUT2D eigenvalue weighted by Crippen LogP contribution is -2.63. The average molecular weight is 1260 g/mol. The summed E-state index contributed by atoms with van der Waals surface area (Å²) in [5.41, 5.74) is 31.1. The number of benzene rings is 2. The van der Waals surface area contributed by atoms with E-state index in [2.05, 4.69) is 63.5 Å². The maximum Gasteiger partial charge on any atom is 0.251 e. The third-order valence-corrected chi connectivity index (χ3v) is 14.5. The van der Waals surface area contributed by atoms with Crippen LogP contribution in [0.4, 0.5) is 0 Å². The van der Waals surface area contributed by atoms with Crippen LogP contribution in [-0.4, -0.2) is 192 Å². The second-order valence-corrected chi connectivity index (χ2v) is 22.2. The number of halogens is 1. The molecule has 1 aliphatic rings. The van der Waals surface area contributed by atoms with Gasteiger partial charge in [0.15, 0.2) is 0 Å². The van der Waals surface area contributed by atoms with Crippen molar-refractivity contribution in [3.63, 3.8) is 0 Å². The molecule has 3 aromatic rings. The lowest BCUT2D eigenvalue weighted by Gasteiger charge is -2.28. The number of aliphatic hydroxyl groups excluding tert-OH is 2. The molecule has 31 heteroatoms. The van der Waals surface area contributed by atoms with E-state index in [0.29, 0.717) is 21.8 Å². The minimum absolute atomic E-state index is 0.0333. The third-order valence-electron chi connectivity index (χ3n) is 14.1. The molecule has 1 fully saturated rings. The van der Waals surface area contributed by atoms with E-state index >= 15 is 0 Å². The summed E-state index contributed by atoms with van der Waals surface area (Å²) in [4.78, 5) is 159. The molecule has 1 saturated heterocycles. The Labute approximate surface area is 520 Å². The quantitative estimate of drug-likeness (QED) is 0.0399. The van der Waals surface area contributed by atoms with Gasteiger partial charge >= 0.3 is 0 Å². The molecule has 488 valence electrons. The number of aliphatic hydroxyl groups is 2. The van der Waals surface area contributed by atoms with Crippen LogP contribution in [0.25, 0.3) is 11.3 Å². The second kappa shape index (κ2) is 36.9. The molecule has 1 aliphatic heterocycles. The summed E-state index contributed by atoms with van der Waals surface area (Å²) in [5.74, 6) is -10.7. The van der Waals surface area contributed by atoms with Crippen molar-refractivity contribution in [2.75, 3.05) is 39.3 Å². The number of carbonyl (C=O) groups is 11. The van der Waals surface area contributed by atoms with E-state index in [1.54, 1.807) is 68.6 Å². The van der Waals surface area contributed by atoms with Gasteiger partial charge in [0.1, 0.15) is 60.4 Å². The number of aromatic nitrogens is 1. The molecule has 11 amide bonds. The highest BCUT2D eigenvalue weighted by atomic mass is 35.5. The zero-order chi connectivity index (χ0) is 65.9. The van der Waals surface area contributed by atoms with Crippen LogP contribution in [0.5, 0.6) is 0 Å². The maximum absolute atomic E-state index is 14.5. The van der Waals surface area contributed by atoms with E-state index in [9.17, 15) is 63.0 Å². The standard InChI is InChI=1S/C58H86ClN17O13/c1-30(2)26-43-54(85)70-38(15-20-60)49(80)69-41(18-23-63)53(84)75-46(31(3)77)57(88)66-25-19-42(51(82)68-39(16-21-61)50(81)73-44(55(86)72-43)27-33-10-6-5-7-11-33)71-56(87)45(29-64)74-58(89)47(32(4)78)76-52(83)40(17-22-62)67-48(79)34-13-14-36(59)35(28-34)37-12-8-9-24-65-37/h5-14,24,28,30-32,38-47,77-78H,15-23,25-27,29,60-64H2,1-4H3,(H,66,88)(H,67,79)(H,68,82)(H,69,80)(H,70,85)(H,71,87)(H,72,86)(H,73,81)(H,74,89)(H,75,84)(H,76,83)/t31-,32-,38+,39+,40+,41+,42+,43+,44-,45+,46+,47+/m1/s1. The smallest absolute Gasteiger partial charge is 0.251 e. The molecule has 0 aliphatic carbocycles. The number of nitrogens with zero attached hydrogens (tertiary/aromatic N) is 1. The summed E-state index contributed by atoms with van der Waals surface area (Å²) < 4.78 is 0. The number of nitrogens with two attached hydrogens (primary N) is 5. The molecule has 0 saturated carbocycles. The Kier molecular flexibility index (Phi) is 30.4. The lowest BCUT2D eigenvalue weighted by atomic mass is 10.00. The van der Waals surface area contributed by atoms with Gasteiger partial charge in [0.25, 0.3) is 5.91 Å². The van der Waals surface area contributed by atoms with E-state index in [-0.39, 0.29) is 76.2 Å². The van der Waals surface area contributed by atoms with Gasteiger partial charge in [-0.05, 0) is 120 Å². The SMILES string of the molecule is CC(C)C[C@@H]1NC(=O)[C@@H](Cc2ccccc2)NC(=O)[C@H](CCN)NC(=O)[C@@H](NC(=O)[C@H](CN)NC(=O)[C@@H](NC(=O)[C@H](CCN)NC(=O)c2ccc(Cl)c(-c3ccccn3)c2)[C@@H](C)O)CCNC(=O)[C@H]([C@@H](C)O)NC(=O)[C@H](CCN)NC(=O)[C@H](CCN)NC1=O. The molecule has 0 spiro atoms. The monoisotopic (exact) mass is 1260 g/mol. The highest BCUT2D eigenvalue weighted by molar-refractivity contribution is 6.33. The molecule has 2 heterocycles. The van der Waals surface area contributed by atoms with Crippen molar-refractivity contribution in [1.29, 1.82) is 0 Å². The molecule has 0 bridgehead atoms. The first-order chi connectivity index (χ1) is 42.3. The Hall–Kier alpha value is -8.23. The van der Waals surface area contributed by atoms with Crippen molar-refractivity contribution in [2.24, 2.45) is 34.6 Å². The summed E-state index contributed by atoms with van der Waals surface area (Å²) in [6, 6.07) is 2.61. The van der Waals surface area contributed by atoms with Crippen molar-refractivity contribution >= 4 is 76.6 Å². The number of amides is 11. The predicted octanol–water partition coefficient (Wildman–Crippen LogP) is -5.21. The Bertz CT molecular complexity index is 2890. The van der Waals surface area contributed by atoms with Crippen molar-refractivity contribution in [1.82, 2.24) is 63.5 Å². The second-order valence-electron chi connectivity index (χ2n) is 21.8. The Morgan fingerprint density at radius 2 is 1.16 bits per heavy atom. The van der Waals surface area contributed by atoms with E-state index < -0.39 is 157 Å². The topological polar surface area (TPSA) is 504 Å². The highest BCUT2D eigenvalue weighted by Crippen LogP contribution is 2.27. The Balaban J connectivity index is 1.68. The lowest BCUT2D eigenvalue weighted by molar-refractivity contribution is -0.136. The van der Waals surface area contributed by atoms with Crippen LogP contribution in [0.1, 0.15) is 82.1 Å². The van der Waals surface area contributed by atoms with Crippen molar-refractivity contribution in [3.05, 3.63) is 89.1 Å². The molecule has 2 aromatic carbocycles. The van der Waals surface area contributed by atoms with Crippen molar-refractivity contribution in [2.45, 2.75) is 145 Å². The van der Waals surface area contributed by atoms with Crippen LogP contribution >= 0.6 is 11.6 Å². The van der Waals surface area contributed by atoms with Gasteiger partial charge in [0.05, 0.1) is 22.9 Å². The zero-order valence-electron chi connectivity index (χ0n) is 50.2. The molecule has 4 rings (SSSR count). The van der Waals surface area contributed by atoms with Crippen LogP contribution in [0.3, 0.4) is 0 Å². The van der Waals surface area contributed by atoms with Crippen molar-refractivity contribution < 1.29 is 63.0 Å². The van der Waals surface area contributed by atoms with Gasteiger partial charge in [0.2, 0.25) is 59.1 Å². The largest absolute Gasteiger partial charge is 0.391 e. The van der Waals surface area contributed by atoms with E-state index in [4.69, 9.17) is 40.3 Å². The van der Waals surface area contributed by atoms with E-state index in [0.717, 1.165) is 6.92 Å². The van der Waals surface area contributed by atoms with Gasteiger partial charge in [-0.25, -0.2) is 0 Å². The van der Waals surface area contributed by atoms with E-state index in [1.165, 1.54) is 25.1 Å². The molecule has 1 aromatic heterocycles. The summed E-state index contributed by atoms with van der Waals surface area (Å²) >= 11 is 6.42. The predicted molar refractivity (Wildman–Crippen MR) is 328 cm³/mol. The maximum atomic E-state index is 14.5. The van der Waals surface area contributed by atoms with Crippen LogP contribution in [-0.2, 0) is 54.4 Å². The average Bonchev–Trinajstić information content (AvgIpc) is 3.66. The molecule has 0 unspecified atom stereocenters. The van der Waals surface area contributed by atoms with Crippen LogP contribution < -0.4 is 87.2 Å². The fourth-order valence-corrected chi connectivity index (χ4v) is 9.51. The number of rotatable bonds is 24. The van der Waals surface area contributed by atoms with Gasteiger partial charge in [-0.15, -0.1) is 0 Å². The molecule has 23 N–H and O–H groups in total. The minimum Gasteiger partial charge on any atom is -0.391 e. The van der Waals surface area contributed by atoms with Gasteiger partial charge in [-0.3, -0.25) is 57.7 Å². The fraction of sp³-hybridized carbons (Fsp3) is 0.517. The third kappa shape index (κ3) is 23.0. The highest BCUT2D eigenvalue weighted by Gasteiger charge is 2.38. The van der Waals surface area contributed by atoms with Gasteiger partial charge in [-0.2, -0.15) is 0 Å². The van der Waals surface area contributed by atoms with Gasteiger partial charge in [0, 0.05) is 36.8 Å². The molecule has 30 nitrogen and oxygen atoms in total. The Morgan fingerprint density at radius 3 is 1.70 bits per heavy atom. The van der Waals surface area contributed by atoms with Gasteiger partial charge in [-0.1, -0.05) is 61.8 Å². The summed E-state index contributed by atoms with van der Waals surface area (Å²) in [6.07, 6.45) is -3.01. The summed E-state index contributed by atoms with van der Waals surface area (Å²) in [5, 5.41) is 49.6. The van der Waals surface area contributed by atoms with Crippen molar-refractivity contribution in [3.8, 4) is 11.3 Å². The summed E-state index contributed by atoms with van der Waals surface area (Å²) in [6.45, 7) is 4.14. The number of pyridine rings is 1. The number of carbonyl (C=O) groups excluding carboxylic acids is 11. The number of hydrogen-bond donors (Lipinski definition) is 18. The van der Waals surface area contributed by atoms with Gasteiger partial charge < -0.3 is 97.4 Å². The zero-order valence-corrected chi connectivity index (χ0v) is 51.0. The van der Waals surface area contributed by atoms with Crippen LogP contribution in [0.2, 0.25) is 5.02 Å². The first-order valence-corrected chi connectivity index (χ1v) is 29.7. The van der Waals surface area contributed by atoms with E-state index in [1.807, 2.05) is 0 Å². The molecule has 0 radical (unpaired) electrons. The number of hydrogen-bond acceptors (Lipinski definition) is 19.